The minimum absolute atomic E-state index is 0.297. The monoisotopic (exact) mass is 187 g/mol. The number of hydrogen-bond donors (Lipinski definition) is 2. The first-order valence-electron chi connectivity index (χ1n) is 3.94. The van der Waals surface area contributed by atoms with Crippen LogP contribution in [0.5, 0.6) is 0 Å². The Balaban J connectivity index is 2.33. The Morgan fingerprint density at radius 1 is 1.58 bits per heavy atom. The van der Waals surface area contributed by atoms with Gasteiger partial charge in [0.1, 0.15) is 5.01 Å². The van der Waals surface area contributed by atoms with Crippen molar-refractivity contribution in [3.63, 3.8) is 0 Å². The highest BCUT2D eigenvalue weighted by atomic mass is 32.1. The highest BCUT2D eigenvalue weighted by Gasteiger charge is 2.02. The maximum absolute atomic E-state index is 9.22. The molecule has 0 amide bonds. The fourth-order valence-electron chi connectivity index (χ4n) is 0.717. The lowest BCUT2D eigenvalue weighted by Gasteiger charge is -2.06. The van der Waals surface area contributed by atoms with E-state index in [0.717, 1.165) is 16.6 Å². The number of anilines is 1. The van der Waals surface area contributed by atoms with Gasteiger partial charge in [-0.25, -0.2) is 0 Å². The number of aliphatic hydroxyl groups excluding tert-OH is 1. The summed E-state index contributed by atoms with van der Waals surface area (Å²) in [4.78, 5) is 0. The second-order valence-electron chi connectivity index (χ2n) is 2.57. The third kappa shape index (κ3) is 2.75. The number of hydrogen-bond acceptors (Lipinski definition) is 5. The van der Waals surface area contributed by atoms with Crippen LogP contribution in [-0.2, 0) is 0 Å². The Labute approximate surface area is 75.6 Å². The van der Waals surface area contributed by atoms with Crippen LogP contribution in [0.3, 0.4) is 0 Å². The third-order valence-corrected chi connectivity index (χ3v) is 2.28. The summed E-state index contributed by atoms with van der Waals surface area (Å²) in [6.07, 6.45) is 0.458. The van der Waals surface area contributed by atoms with Gasteiger partial charge in [-0.3, -0.25) is 0 Å². The minimum atomic E-state index is -0.297. The van der Waals surface area contributed by atoms with Gasteiger partial charge in [-0.05, 0) is 13.3 Å². The van der Waals surface area contributed by atoms with Crippen molar-refractivity contribution < 1.29 is 5.11 Å². The first-order chi connectivity index (χ1) is 5.72. The van der Waals surface area contributed by atoms with E-state index in [0.29, 0.717) is 6.54 Å². The number of rotatable bonds is 4. The van der Waals surface area contributed by atoms with Crippen LogP contribution in [0.2, 0.25) is 0 Å². The Bertz CT molecular complexity index is 238. The predicted molar refractivity (Wildman–Crippen MR) is 49.4 cm³/mol. The zero-order chi connectivity index (χ0) is 8.97. The van der Waals surface area contributed by atoms with Gasteiger partial charge in [-0.1, -0.05) is 18.3 Å². The minimum Gasteiger partial charge on any atom is -0.391 e. The fourth-order valence-corrected chi connectivity index (χ4v) is 1.32. The molecule has 0 aliphatic carbocycles. The van der Waals surface area contributed by atoms with Crippen molar-refractivity contribution in [3.05, 3.63) is 5.01 Å². The first kappa shape index (κ1) is 9.41. The predicted octanol–water partition coefficient (Wildman–Crippen LogP) is 1.03. The Morgan fingerprint density at radius 3 is 2.83 bits per heavy atom. The number of aliphatic hydroxyl groups is 1. The molecule has 68 valence electrons. The van der Waals surface area contributed by atoms with Gasteiger partial charge in [0, 0.05) is 6.54 Å². The van der Waals surface area contributed by atoms with Crippen molar-refractivity contribution in [3.8, 4) is 0 Å². The molecule has 0 radical (unpaired) electrons. The van der Waals surface area contributed by atoms with E-state index in [1.165, 1.54) is 11.3 Å². The van der Waals surface area contributed by atoms with E-state index in [1.54, 1.807) is 0 Å². The van der Waals surface area contributed by atoms with E-state index in [9.17, 15) is 5.11 Å². The molecular weight excluding hydrogens is 174 g/mol. The van der Waals surface area contributed by atoms with Crippen LogP contribution in [0, 0.1) is 6.92 Å². The van der Waals surface area contributed by atoms with Crippen molar-refractivity contribution in [2.24, 2.45) is 0 Å². The summed E-state index contributed by atoms with van der Waals surface area (Å²) in [6.45, 7) is 4.39. The number of nitrogens with one attached hydrogen (secondary N) is 1. The van der Waals surface area contributed by atoms with Crippen molar-refractivity contribution in [2.75, 3.05) is 11.9 Å². The van der Waals surface area contributed by atoms with E-state index in [2.05, 4.69) is 15.5 Å². The van der Waals surface area contributed by atoms with E-state index in [-0.39, 0.29) is 6.10 Å². The topological polar surface area (TPSA) is 58.0 Å². The summed E-state index contributed by atoms with van der Waals surface area (Å²) in [5.74, 6) is 0. The van der Waals surface area contributed by atoms with Gasteiger partial charge in [0.25, 0.3) is 0 Å². The Kier molecular flexibility index (Phi) is 3.43. The molecular formula is C7H13N3OS. The van der Waals surface area contributed by atoms with Crippen LogP contribution in [0.15, 0.2) is 0 Å². The molecule has 1 aromatic heterocycles. The third-order valence-electron chi connectivity index (χ3n) is 1.49. The molecule has 0 unspecified atom stereocenters. The summed E-state index contributed by atoms with van der Waals surface area (Å²) in [6, 6.07) is 0. The van der Waals surface area contributed by atoms with Gasteiger partial charge in [-0.15, -0.1) is 10.2 Å². The number of aryl methyl sites for hydroxylation is 1. The molecule has 1 heterocycles. The van der Waals surface area contributed by atoms with Crippen molar-refractivity contribution in [2.45, 2.75) is 26.4 Å². The summed E-state index contributed by atoms with van der Waals surface area (Å²) in [5, 5.41) is 21.7. The van der Waals surface area contributed by atoms with E-state index in [4.69, 9.17) is 0 Å². The van der Waals surface area contributed by atoms with Gasteiger partial charge in [0.2, 0.25) is 5.13 Å². The number of nitrogens with zero attached hydrogens (tertiary/aromatic N) is 2. The van der Waals surface area contributed by atoms with Crippen molar-refractivity contribution in [1.82, 2.24) is 10.2 Å². The lowest BCUT2D eigenvalue weighted by molar-refractivity contribution is 0.183. The summed E-state index contributed by atoms with van der Waals surface area (Å²) < 4.78 is 0. The normalized spacial score (nSPS) is 12.9. The van der Waals surface area contributed by atoms with Crippen LogP contribution in [0.25, 0.3) is 0 Å². The molecule has 12 heavy (non-hydrogen) atoms. The first-order valence-corrected chi connectivity index (χ1v) is 4.76. The zero-order valence-corrected chi connectivity index (χ0v) is 8.06. The molecule has 1 rings (SSSR count). The maximum Gasteiger partial charge on any atom is 0.205 e. The molecule has 4 nitrogen and oxygen atoms in total. The molecule has 5 heteroatoms. The second kappa shape index (κ2) is 4.37. The molecule has 0 aromatic carbocycles. The molecule has 0 saturated carbocycles. The van der Waals surface area contributed by atoms with Crippen LogP contribution in [0.1, 0.15) is 18.4 Å². The van der Waals surface area contributed by atoms with Crippen molar-refractivity contribution in [1.29, 1.82) is 0 Å². The molecule has 0 bridgehead atoms. The van der Waals surface area contributed by atoms with E-state index in [1.807, 2.05) is 13.8 Å². The second-order valence-corrected chi connectivity index (χ2v) is 3.75. The highest BCUT2D eigenvalue weighted by Crippen LogP contribution is 2.13. The van der Waals surface area contributed by atoms with Crippen molar-refractivity contribution >= 4 is 16.5 Å². The van der Waals surface area contributed by atoms with Gasteiger partial charge in [0.05, 0.1) is 6.10 Å². The van der Waals surface area contributed by atoms with E-state index < -0.39 is 0 Å². The molecule has 1 aromatic rings. The molecule has 0 spiro atoms. The summed E-state index contributed by atoms with van der Waals surface area (Å²) in [7, 11) is 0. The average Bonchev–Trinajstić information content (AvgIpc) is 2.47. The van der Waals surface area contributed by atoms with E-state index >= 15 is 0 Å². The number of aromatic nitrogens is 2. The smallest absolute Gasteiger partial charge is 0.205 e. The van der Waals surface area contributed by atoms with Gasteiger partial charge >= 0.3 is 0 Å². The summed E-state index contributed by atoms with van der Waals surface area (Å²) in [5.41, 5.74) is 0. The molecule has 0 aliphatic heterocycles. The lowest BCUT2D eigenvalue weighted by atomic mass is 10.3. The van der Waals surface area contributed by atoms with Gasteiger partial charge in [-0.2, -0.15) is 0 Å². The largest absolute Gasteiger partial charge is 0.391 e. The van der Waals surface area contributed by atoms with Gasteiger partial charge in [0.15, 0.2) is 0 Å². The quantitative estimate of drug-likeness (QED) is 0.739. The molecule has 1 atom stereocenters. The highest BCUT2D eigenvalue weighted by molar-refractivity contribution is 7.15. The molecule has 0 aliphatic rings. The SMILES string of the molecule is CC[C@H](O)CNc1nnc(C)s1. The zero-order valence-electron chi connectivity index (χ0n) is 7.24. The van der Waals surface area contributed by atoms with Crippen LogP contribution < -0.4 is 5.32 Å². The van der Waals surface area contributed by atoms with Crippen LogP contribution in [-0.4, -0.2) is 28.0 Å². The summed E-state index contributed by atoms with van der Waals surface area (Å²) >= 11 is 1.50. The molecule has 0 fully saturated rings. The van der Waals surface area contributed by atoms with Crippen LogP contribution in [0.4, 0.5) is 5.13 Å². The fraction of sp³-hybridized carbons (Fsp3) is 0.714. The Hall–Kier alpha value is -0.680. The molecule has 0 saturated heterocycles. The molecule has 2 N–H and O–H groups in total. The lowest BCUT2D eigenvalue weighted by Crippen LogP contribution is -2.17. The van der Waals surface area contributed by atoms with Gasteiger partial charge < -0.3 is 10.4 Å². The Morgan fingerprint density at radius 2 is 2.33 bits per heavy atom. The average molecular weight is 187 g/mol. The van der Waals surface area contributed by atoms with Crippen LogP contribution >= 0.6 is 11.3 Å². The standard InChI is InChI=1S/C7H13N3OS/c1-3-6(11)4-8-7-10-9-5(2)12-7/h6,11H,3-4H2,1-2H3,(H,8,10)/t6-/m0/s1. The maximum atomic E-state index is 9.22.